The highest BCUT2D eigenvalue weighted by atomic mass is 16.4. The Morgan fingerprint density at radius 2 is 2.00 bits per heavy atom. The number of hydrogen-bond donors (Lipinski definition) is 3. The lowest BCUT2D eigenvalue weighted by Gasteiger charge is -2.14. The Morgan fingerprint density at radius 3 is 2.75 bits per heavy atom. The molecule has 0 spiro atoms. The molecule has 0 unspecified atom stereocenters. The number of anilines is 2. The number of carbonyl (C=O) groups is 2. The van der Waals surface area contributed by atoms with Crippen LogP contribution < -0.4 is 16.0 Å². The number of para-hydroxylation sites is 1. The summed E-state index contributed by atoms with van der Waals surface area (Å²) in [6, 6.07) is 9.05. The van der Waals surface area contributed by atoms with Crippen molar-refractivity contribution in [2.45, 2.75) is 6.92 Å². The van der Waals surface area contributed by atoms with Gasteiger partial charge in [0.1, 0.15) is 11.3 Å². The molecule has 1 aromatic heterocycles. The van der Waals surface area contributed by atoms with E-state index in [0.717, 1.165) is 0 Å². The Bertz CT molecular complexity index is 676. The minimum Gasteiger partial charge on any atom is -0.444 e. The van der Waals surface area contributed by atoms with Crippen molar-refractivity contribution in [1.29, 1.82) is 0 Å². The van der Waals surface area contributed by atoms with E-state index in [2.05, 4.69) is 16.0 Å². The Balaban J connectivity index is 1.96. The molecule has 0 aliphatic carbocycles. The molecular weight excluding hydrogens is 258 g/mol. The molecule has 1 aliphatic rings. The quantitative estimate of drug-likeness (QED) is 0.779. The molecule has 2 heterocycles. The first-order chi connectivity index (χ1) is 9.66. The van der Waals surface area contributed by atoms with Gasteiger partial charge in [0.25, 0.3) is 11.8 Å². The molecule has 0 saturated carbocycles. The number of nitrogens with one attached hydrogen (secondary N) is 3. The maximum absolute atomic E-state index is 12.3. The van der Waals surface area contributed by atoms with E-state index in [9.17, 15) is 9.59 Å². The number of benzene rings is 1. The lowest BCUT2D eigenvalue weighted by molar-refractivity contribution is 0.0939. The molecule has 0 saturated heterocycles. The van der Waals surface area contributed by atoms with Crippen LogP contribution >= 0.6 is 0 Å². The molecule has 2 amide bonds. The molecule has 0 radical (unpaired) electrons. The Kier molecular flexibility index (Phi) is 2.90. The topological polar surface area (TPSA) is 83.4 Å². The number of furan rings is 1. The summed E-state index contributed by atoms with van der Waals surface area (Å²) in [6.07, 6.45) is 0. The molecule has 0 bridgehead atoms. The van der Waals surface area contributed by atoms with Crippen LogP contribution in [0, 0.1) is 6.92 Å². The van der Waals surface area contributed by atoms with Crippen LogP contribution in [0.2, 0.25) is 0 Å². The molecule has 102 valence electrons. The zero-order valence-electron chi connectivity index (χ0n) is 10.8. The first-order valence-corrected chi connectivity index (χ1v) is 6.18. The summed E-state index contributed by atoms with van der Waals surface area (Å²) in [7, 11) is 0. The van der Waals surface area contributed by atoms with Crippen molar-refractivity contribution in [3.8, 4) is 0 Å². The van der Waals surface area contributed by atoms with Crippen molar-refractivity contribution < 1.29 is 14.0 Å². The summed E-state index contributed by atoms with van der Waals surface area (Å²) in [5.74, 6) is 0.0730. The fourth-order valence-corrected chi connectivity index (χ4v) is 2.17. The van der Waals surface area contributed by atoms with Crippen LogP contribution in [0.15, 0.2) is 34.7 Å². The van der Waals surface area contributed by atoms with E-state index in [0.29, 0.717) is 24.0 Å². The summed E-state index contributed by atoms with van der Waals surface area (Å²) in [4.78, 5) is 24.2. The third kappa shape index (κ3) is 2.01. The average molecular weight is 271 g/mol. The van der Waals surface area contributed by atoms with Crippen LogP contribution in [0.4, 0.5) is 11.6 Å². The van der Waals surface area contributed by atoms with Crippen molar-refractivity contribution in [3.63, 3.8) is 0 Å². The second-order valence-corrected chi connectivity index (χ2v) is 4.42. The zero-order chi connectivity index (χ0) is 14.1. The molecule has 1 aliphatic heterocycles. The molecule has 3 N–H and O–H groups in total. The summed E-state index contributed by atoms with van der Waals surface area (Å²) < 4.78 is 5.43. The van der Waals surface area contributed by atoms with E-state index in [1.807, 2.05) is 18.2 Å². The van der Waals surface area contributed by atoms with Gasteiger partial charge in [0.2, 0.25) is 5.88 Å². The molecule has 3 rings (SSSR count). The van der Waals surface area contributed by atoms with Gasteiger partial charge in [0.15, 0.2) is 0 Å². The largest absolute Gasteiger partial charge is 0.444 e. The molecule has 0 atom stereocenters. The van der Waals surface area contributed by atoms with Gasteiger partial charge in [-0.25, -0.2) is 0 Å². The smallest absolute Gasteiger partial charge is 0.260 e. The highest BCUT2D eigenvalue weighted by Crippen LogP contribution is 2.29. The number of aryl methyl sites for hydroxylation is 1. The number of rotatable bonds is 2. The second kappa shape index (κ2) is 4.73. The van der Waals surface area contributed by atoms with Crippen LogP contribution in [0.1, 0.15) is 26.5 Å². The van der Waals surface area contributed by atoms with Crippen LogP contribution in [-0.4, -0.2) is 18.5 Å². The van der Waals surface area contributed by atoms with Crippen molar-refractivity contribution >= 4 is 23.4 Å². The fraction of sp³-hybridized carbons (Fsp3) is 0.143. The molecule has 6 nitrogen and oxygen atoms in total. The van der Waals surface area contributed by atoms with Crippen LogP contribution in [0.25, 0.3) is 0 Å². The Hall–Kier alpha value is -2.76. The summed E-state index contributed by atoms with van der Waals surface area (Å²) in [5.41, 5.74) is 1.17. The van der Waals surface area contributed by atoms with Crippen LogP contribution in [0.3, 0.4) is 0 Å². The lowest BCUT2D eigenvalue weighted by Crippen LogP contribution is -2.35. The fourth-order valence-electron chi connectivity index (χ4n) is 2.17. The zero-order valence-corrected chi connectivity index (χ0v) is 10.8. The first kappa shape index (κ1) is 12.3. The average Bonchev–Trinajstić information content (AvgIpc) is 2.77. The monoisotopic (exact) mass is 271 g/mol. The van der Waals surface area contributed by atoms with E-state index < -0.39 is 0 Å². The van der Waals surface area contributed by atoms with Crippen molar-refractivity contribution in [3.05, 3.63) is 47.2 Å². The number of fused-ring (bicyclic) bond motifs is 1. The summed E-state index contributed by atoms with van der Waals surface area (Å²) in [5, 5.41) is 8.26. The minimum absolute atomic E-state index is 0.252. The van der Waals surface area contributed by atoms with Gasteiger partial charge in [-0.05, 0) is 19.1 Å². The van der Waals surface area contributed by atoms with Crippen LogP contribution in [0.5, 0.6) is 0 Å². The molecule has 20 heavy (non-hydrogen) atoms. The second-order valence-electron chi connectivity index (χ2n) is 4.42. The highest BCUT2D eigenvalue weighted by molar-refractivity contribution is 6.15. The number of hydrogen-bond acceptors (Lipinski definition) is 4. The van der Waals surface area contributed by atoms with E-state index >= 15 is 0 Å². The van der Waals surface area contributed by atoms with Crippen molar-refractivity contribution in [1.82, 2.24) is 5.32 Å². The predicted octanol–water partition coefficient (Wildman–Crippen LogP) is 1.95. The van der Waals surface area contributed by atoms with E-state index in [1.165, 1.54) is 0 Å². The van der Waals surface area contributed by atoms with Crippen molar-refractivity contribution in [2.24, 2.45) is 0 Å². The maximum Gasteiger partial charge on any atom is 0.260 e. The Labute approximate surface area is 115 Å². The molecule has 2 aromatic rings. The third-order valence-corrected chi connectivity index (χ3v) is 3.07. The van der Waals surface area contributed by atoms with Gasteiger partial charge < -0.3 is 20.4 Å². The van der Waals surface area contributed by atoms with E-state index in [-0.39, 0.29) is 22.9 Å². The third-order valence-electron chi connectivity index (χ3n) is 3.07. The van der Waals surface area contributed by atoms with Gasteiger partial charge in [-0.1, -0.05) is 18.2 Å². The van der Waals surface area contributed by atoms with Gasteiger partial charge in [-0.3, -0.25) is 9.59 Å². The van der Waals surface area contributed by atoms with E-state index in [4.69, 9.17) is 4.42 Å². The van der Waals surface area contributed by atoms with Gasteiger partial charge in [0, 0.05) is 5.69 Å². The normalized spacial score (nSPS) is 13.2. The number of amides is 2. The maximum atomic E-state index is 12.3. The van der Waals surface area contributed by atoms with Gasteiger partial charge in [-0.15, -0.1) is 0 Å². The molecule has 0 fully saturated rings. The molecule has 1 aromatic carbocycles. The SMILES string of the molecule is Cc1oc2c(c1C(=O)Nc1ccccc1)C(=O)NCN2. The van der Waals surface area contributed by atoms with E-state index in [1.54, 1.807) is 19.1 Å². The molecule has 6 heteroatoms. The summed E-state index contributed by atoms with van der Waals surface area (Å²) in [6.45, 7) is 1.95. The summed E-state index contributed by atoms with van der Waals surface area (Å²) >= 11 is 0. The standard InChI is InChI=1S/C14H13N3O3/c1-8-10(11-12(18)15-7-16-14(11)20-8)13(19)17-9-5-3-2-4-6-9/h2-6,16H,7H2,1H3,(H,15,18)(H,17,19). The minimum atomic E-state index is -0.363. The van der Waals surface area contributed by atoms with Gasteiger partial charge in [-0.2, -0.15) is 0 Å². The lowest BCUT2D eigenvalue weighted by atomic mass is 10.1. The van der Waals surface area contributed by atoms with Crippen LogP contribution in [-0.2, 0) is 0 Å². The van der Waals surface area contributed by atoms with Crippen molar-refractivity contribution in [2.75, 3.05) is 17.3 Å². The molecular formula is C14H13N3O3. The Morgan fingerprint density at radius 1 is 1.25 bits per heavy atom. The number of carbonyl (C=O) groups excluding carboxylic acids is 2. The first-order valence-electron chi connectivity index (χ1n) is 6.18. The van der Waals surface area contributed by atoms with Gasteiger partial charge in [0.05, 0.1) is 12.2 Å². The highest BCUT2D eigenvalue weighted by Gasteiger charge is 2.30. The van der Waals surface area contributed by atoms with Gasteiger partial charge >= 0.3 is 0 Å². The predicted molar refractivity (Wildman–Crippen MR) is 73.8 cm³/mol.